The van der Waals surface area contributed by atoms with Crippen LogP contribution in [0.1, 0.15) is 0 Å². The van der Waals surface area contributed by atoms with Crippen molar-refractivity contribution in [2.24, 2.45) is 0 Å². The third-order valence-electron chi connectivity index (χ3n) is 3.98. The molecule has 0 nitrogen and oxygen atoms in total. The Labute approximate surface area is 129 Å². The molecule has 0 N–H and O–H groups in total. The van der Waals surface area contributed by atoms with Gasteiger partial charge in [-0.15, -0.1) is 12.6 Å². The molecule has 100 valence electrons. The molecule has 0 unspecified atom stereocenters. The molecule has 4 aromatic rings. The van der Waals surface area contributed by atoms with E-state index in [1.54, 1.807) is 0 Å². The topological polar surface area (TPSA) is 0 Å². The molecule has 1 heteroatoms. The van der Waals surface area contributed by atoms with Crippen molar-refractivity contribution >= 4 is 34.2 Å². The van der Waals surface area contributed by atoms with Gasteiger partial charge in [-0.2, -0.15) is 0 Å². The zero-order valence-corrected chi connectivity index (χ0v) is 12.3. The third kappa shape index (κ3) is 2.01. The zero-order chi connectivity index (χ0) is 14.2. The minimum Gasteiger partial charge on any atom is -0.143 e. The fraction of sp³-hybridized carbons (Fsp3) is 0. The predicted molar refractivity (Wildman–Crippen MR) is 94.1 cm³/mol. The number of hydrogen-bond donors (Lipinski definition) is 1. The van der Waals surface area contributed by atoms with E-state index >= 15 is 0 Å². The highest BCUT2D eigenvalue weighted by atomic mass is 32.1. The first kappa shape index (κ1) is 12.5. The van der Waals surface area contributed by atoms with Gasteiger partial charge < -0.3 is 0 Å². The van der Waals surface area contributed by atoms with Crippen molar-refractivity contribution in [2.45, 2.75) is 4.90 Å². The van der Waals surface area contributed by atoms with Crippen molar-refractivity contribution in [2.75, 3.05) is 0 Å². The summed E-state index contributed by atoms with van der Waals surface area (Å²) in [7, 11) is 0. The second-order valence-electron chi connectivity index (χ2n) is 5.20. The summed E-state index contributed by atoms with van der Waals surface area (Å²) in [5.41, 5.74) is 2.42. The number of fused-ring (bicyclic) bond motifs is 3. The molecule has 0 bridgehead atoms. The Morgan fingerprint density at radius 2 is 1.19 bits per heavy atom. The smallest absolute Gasteiger partial charge is 0.0119 e. The Balaban J connectivity index is 2.12. The number of benzene rings is 4. The van der Waals surface area contributed by atoms with Gasteiger partial charge in [0.15, 0.2) is 0 Å². The molecule has 21 heavy (non-hydrogen) atoms. The van der Waals surface area contributed by atoms with Crippen molar-refractivity contribution in [3.8, 4) is 11.1 Å². The van der Waals surface area contributed by atoms with Crippen LogP contribution in [0, 0.1) is 0 Å². The summed E-state index contributed by atoms with van der Waals surface area (Å²) in [5, 5.41) is 5.15. The van der Waals surface area contributed by atoms with Crippen LogP contribution >= 0.6 is 12.6 Å². The molecule has 0 fully saturated rings. The Bertz CT molecular complexity index is 954. The SMILES string of the molecule is Sc1ccccc1-c1cccc2c1ccc1ccccc12. The van der Waals surface area contributed by atoms with Crippen molar-refractivity contribution in [3.05, 3.63) is 78.9 Å². The van der Waals surface area contributed by atoms with Crippen molar-refractivity contribution < 1.29 is 0 Å². The Hall–Kier alpha value is -2.25. The molecule has 0 aliphatic carbocycles. The molecule has 0 atom stereocenters. The maximum absolute atomic E-state index is 4.61. The van der Waals surface area contributed by atoms with Crippen molar-refractivity contribution in [3.63, 3.8) is 0 Å². The molecule has 0 aliphatic heterocycles. The molecule has 0 aromatic heterocycles. The summed E-state index contributed by atoms with van der Waals surface area (Å²) in [6.45, 7) is 0. The molecule has 0 radical (unpaired) electrons. The monoisotopic (exact) mass is 286 g/mol. The molecule has 0 saturated carbocycles. The summed E-state index contributed by atoms with van der Waals surface area (Å²) in [5.74, 6) is 0. The highest BCUT2D eigenvalue weighted by Gasteiger charge is 2.08. The molecule has 0 aliphatic rings. The van der Waals surface area contributed by atoms with Gasteiger partial charge in [0.1, 0.15) is 0 Å². The van der Waals surface area contributed by atoms with E-state index in [4.69, 9.17) is 0 Å². The molecule has 4 aromatic carbocycles. The van der Waals surface area contributed by atoms with Gasteiger partial charge in [0.25, 0.3) is 0 Å². The summed E-state index contributed by atoms with van der Waals surface area (Å²) >= 11 is 4.61. The quantitative estimate of drug-likeness (QED) is 0.324. The standard InChI is InChI=1S/C20H14S/c21-20-11-4-3-8-19(20)17-10-5-9-16-15-7-2-1-6-14(15)12-13-18(16)17/h1-13,21H. The van der Waals surface area contributed by atoms with Crippen LogP contribution in [0.5, 0.6) is 0 Å². The average molecular weight is 286 g/mol. The van der Waals surface area contributed by atoms with E-state index in [0.717, 1.165) is 4.90 Å². The minimum atomic E-state index is 1.01. The first-order valence-corrected chi connectivity index (χ1v) is 7.48. The highest BCUT2D eigenvalue weighted by molar-refractivity contribution is 7.80. The first-order chi connectivity index (χ1) is 10.3. The van der Waals surface area contributed by atoms with Crippen LogP contribution in [0.2, 0.25) is 0 Å². The van der Waals surface area contributed by atoms with Crippen LogP contribution in [0.25, 0.3) is 32.7 Å². The molecule has 0 spiro atoms. The minimum absolute atomic E-state index is 1.01. The lowest BCUT2D eigenvalue weighted by molar-refractivity contribution is 1.47. The zero-order valence-electron chi connectivity index (χ0n) is 11.5. The van der Waals surface area contributed by atoms with E-state index in [0.29, 0.717) is 0 Å². The van der Waals surface area contributed by atoms with Crippen molar-refractivity contribution in [1.82, 2.24) is 0 Å². The number of rotatable bonds is 1. The summed E-state index contributed by atoms with van der Waals surface area (Å²) in [4.78, 5) is 1.01. The lowest BCUT2D eigenvalue weighted by Gasteiger charge is -2.11. The van der Waals surface area contributed by atoms with E-state index in [9.17, 15) is 0 Å². The molecule has 0 heterocycles. The fourth-order valence-corrected chi connectivity index (χ4v) is 3.26. The molecular formula is C20H14S. The van der Waals surface area contributed by atoms with Crippen molar-refractivity contribution in [1.29, 1.82) is 0 Å². The Morgan fingerprint density at radius 1 is 0.476 bits per heavy atom. The van der Waals surface area contributed by atoms with Crippen LogP contribution in [-0.4, -0.2) is 0 Å². The lowest BCUT2D eigenvalue weighted by Crippen LogP contribution is -1.84. The van der Waals surface area contributed by atoms with Gasteiger partial charge in [0.05, 0.1) is 0 Å². The van der Waals surface area contributed by atoms with E-state index in [-0.39, 0.29) is 0 Å². The average Bonchev–Trinajstić information content (AvgIpc) is 2.55. The molecule has 0 saturated heterocycles. The maximum Gasteiger partial charge on any atom is 0.0119 e. The van der Waals surface area contributed by atoms with E-state index in [1.165, 1.54) is 32.7 Å². The van der Waals surface area contributed by atoms with Gasteiger partial charge in [0.2, 0.25) is 0 Å². The Kier molecular flexibility index (Phi) is 2.94. The van der Waals surface area contributed by atoms with E-state index < -0.39 is 0 Å². The summed E-state index contributed by atoms with van der Waals surface area (Å²) in [6.07, 6.45) is 0. The van der Waals surface area contributed by atoms with Gasteiger partial charge in [-0.1, -0.05) is 72.8 Å². The molecular weight excluding hydrogens is 272 g/mol. The van der Waals surface area contributed by atoms with Gasteiger partial charge in [-0.05, 0) is 38.7 Å². The molecule has 0 amide bonds. The third-order valence-corrected chi connectivity index (χ3v) is 4.37. The summed E-state index contributed by atoms with van der Waals surface area (Å²) in [6, 6.07) is 27.7. The number of hydrogen-bond acceptors (Lipinski definition) is 1. The lowest BCUT2D eigenvalue weighted by atomic mass is 9.95. The van der Waals surface area contributed by atoms with E-state index in [2.05, 4.69) is 79.4 Å². The van der Waals surface area contributed by atoms with Gasteiger partial charge in [-0.25, -0.2) is 0 Å². The largest absolute Gasteiger partial charge is 0.143 e. The normalized spacial score (nSPS) is 11.1. The van der Waals surface area contributed by atoms with Gasteiger partial charge in [-0.3, -0.25) is 0 Å². The first-order valence-electron chi connectivity index (χ1n) is 7.03. The summed E-state index contributed by atoms with van der Waals surface area (Å²) < 4.78 is 0. The van der Waals surface area contributed by atoms with Gasteiger partial charge in [0, 0.05) is 4.90 Å². The number of thiol groups is 1. The van der Waals surface area contributed by atoms with E-state index in [1.807, 2.05) is 12.1 Å². The van der Waals surface area contributed by atoms with Crippen LogP contribution in [0.15, 0.2) is 83.8 Å². The van der Waals surface area contributed by atoms with Crippen LogP contribution in [0.4, 0.5) is 0 Å². The molecule has 4 rings (SSSR count). The highest BCUT2D eigenvalue weighted by Crippen LogP contribution is 2.35. The second kappa shape index (κ2) is 4.94. The van der Waals surface area contributed by atoms with Crippen LogP contribution in [-0.2, 0) is 0 Å². The predicted octanol–water partition coefficient (Wildman–Crippen LogP) is 5.95. The van der Waals surface area contributed by atoms with Crippen LogP contribution in [0.3, 0.4) is 0 Å². The fourth-order valence-electron chi connectivity index (χ4n) is 2.98. The van der Waals surface area contributed by atoms with Gasteiger partial charge >= 0.3 is 0 Å². The Morgan fingerprint density at radius 3 is 2.10 bits per heavy atom. The maximum atomic E-state index is 4.61. The second-order valence-corrected chi connectivity index (χ2v) is 5.69. The van der Waals surface area contributed by atoms with Crippen LogP contribution < -0.4 is 0 Å².